The fourth-order valence-electron chi connectivity index (χ4n) is 3.50. The summed E-state index contributed by atoms with van der Waals surface area (Å²) in [6, 6.07) is 15.4. The van der Waals surface area contributed by atoms with E-state index in [1.807, 2.05) is 0 Å². The van der Waals surface area contributed by atoms with Crippen molar-refractivity contribution in [2.45, 2.75) is 46.2 Å². The summed E-state index contributed by atoms with van der Waals surface area (Å²) < 4.78 is 5.21. The van der Waals surface area contributed by atoms with Crippen LogP contribution in [0.2, 0.25) is 0 Å². The van der Waals surface area contributed by atoms with E-state index < -0.39 is 5.63 Å². The van der Waals surface area contributed by atoms with Crippen molar-refractivity contribution >= 4 is 11.0 Å². The van der Waals surface area contributed by atoms with E-state index >= 15 is 0 Å². The molecule has 0 unspecified atom stereocenters. The fraction of sp³-hybridized carbons (Fsp3) is 0.348. The van der Waals surface area contributed by atoms with E-state index in [0.29, 0.717) is 18.0 Å². The highest BCUT2D eigenvalue weighted by Crippen LogP contribution is 2.25. The van der Waals surface area contributed by atoms with Crippen molar-refractivity contribution in [2.24, 2.45) is 5.92 Å². The molecule has 1 atom stereocenters. The molecule has 3 rings (SSSR count). The predicted molar refractivity (Wildman–Crippen MR) is 109 cm³/mol. The van der Waals surface area contributed by atoms with Crippen LogP contribution in [-0.4, -0.2) is 5.11 Å². The first-order chi connectivity index (χ1) is 13.0. The molecule has 4 heteroatoms. The third-order valence-corrected chi connectivity index (χ3v) is 4.87. The van der Waals surface area contributed by atoms with Gasteiger partial charge in [-0.05, 0) is 41.2 Å². The molecule has 0 bridgehead atoms. The summed E-state index contributed by atoms with van der Waals surface area (Å²) in [5.74, 6) is 0.487. The first kappa shape index (κ1) is 19.2. The second-order valence-electron chi connectivity index (χ2n) is 7.37. The maximum Gasteiger partial charge on any atom is 0.336 e. The Morgan fingerprint density at radius 3 is 2.48 bits per heavy atom. The Hall–Kier alpha value is -2.59. The van der Waals surface area contributed by atoms with Gasteiger partial charge in [-0.15, -0.1) is 0 Å². The Kier molecular flexibility index (Phi) is 5.97. The highest BCUT2D eigenvalue weighted by atomic mass is 16.4. The molecule has 0 saturated heterocycles. The van der Waals surface area contributed by atoms with Crippen molar-refractivity contribution in [3.8, 4) is 5.75 Å². The molecule has 1 heterocycles. The number of fused-ring (bicyclic) bond motifs is 1. The van der Waals surface area contributed by atoms with Crippen molar-refractivity contribution in [3.63, 3.8) is 0 Å². The first-order valence-corrected chi connectivity index (χ1v) is 9.56. The predicted octanol–water partition coefficient (Wildman–Crippen LogP) is 4.94. The summed E-state index contributed by atoms with van der Waals surface area (Å²) in [6.07, 6.45) is 2.24. The third kappa shape index (κ3) is 4.58. The summed E-state index contributed by atoms with van der Waals surface area (Å²) in [4.78, 5) is 11.9. The van der Waals surface area contributed by atoms with Gasteiger partial charge in [0.2, 0.25) is 0 Å². The molecule has 0 aliphatic carbocycles. The van der Waals surface area contributed by atoms with Gasteiger partial charge in [-0.3, -0.25) is 0 Å². The topological polar surface area (TPSA) is 62.5 Å². The zero-order chi connectivity index (χ0) is 19.4. The van der Waals surface area contributed by atoms with Gasteiger partial charge >= 0.3 is 5.63 Å². The first-order valence-electron chi connectivity index (χ1n) is 9.56. The van der Waals surface area contributed by atoms with Crippen molar-refractivity contribution in [1.29, 1.82) is 0 Å². The smallest absolute Gasteiger partial charge is 0.336 e. The molecular formula is C23H27NO3. The van der Waals surface area contributed by atoms with Gasteiger partial charge in [0, 0.05) is 30.1 Å². The Morgan fingerprint density at radius 2 is 1.81 bits per heavy atom. The van der Waals surface area contributed by atoms with Gasteiger partial charge in [0.25, 0.3) is 0 Å². The van der Waals surface area contributed by atoms with E-state index in [0.717, 1.165) is 23.8 Å². The van der Waals surface area contributed by atoms with E-state index in [1.165, 1.54) is 23.3 Å². The number of nitrogens with one attached hydrogen (secondary N) is 1. The zero-order valence-corrected chi connectivity index (χ0v) is 16.2. The van der Waals surface area contributed by atoms with Crippen LogP contribution in [0.4, 0.5) is 0 Å². The highest BCUT2D eigenvalue weighted by Gasteiger charge is 2.16. The Balaban J connectivity index is 1.84. The largest absolute Gasteiger partial charge is 0.508 e. The fourth-order valence-corrected chi connectivity index (χ4v) is 3.50. The SMILES string of the molecule is CCCc1ccc([C@H](NCc2cc(=O)oc3cc(O)ccc23)C(C)C)cc1. The van der Waals surface area contributed by atoms with Crippen LogP contribution in [0.1, 0.15) is 49.9 Å². The molecule has 4 nitrogen and oxygen atoms in total. The monoisotopic (exact) mass is 365 g/mol. The summed E-state index contributed by atoms with van der Waals surface area (Å²) in [6.45, 7) is 7.11. The van der Waals surface area contributed by atoms with Crippen LogP contribution >= 0.6 is 0 Å². The molecule has 0 aliphatic heterocycles. The van der Waals surface area contributed by atoms with E-state index in [4.69, 9.17) is 4.42 Å². The van der Waals surface area contributed by atoms with E-state index in [1.54, 1.807) is 12.1 Å². The lowest BCUT2D eigenvalue weighted by molar-refractivity contribution is 0.410. The average Bonchev–Trinajstić information content (AvgIpc) is 2.62. The van der Waals surface area contributed by atoms with Gasteiger partial charge in [0.1, 0.15) is 11.3 Å². The molecule has 27 heavy (non-hydrogen) atoms. The van der Waals surface area contributed by atoms with E-state index in [9.17, 15) is 9.90 Å². The Bertz CT molecular complexity index is 958. The number of aromatic hydroxyl groups is 1. The number of hydrogen-bond donors (Lipinski definition) is 2. The van der Waals surface area contributed by atoms with E-state index in [-0.39, 0.29) is 11.8 Å². The molecule has 1 aromatic heterocycles. The molecule has 0 spiro atoms. The summed E-state index contributed by atoms with van der Waals surface area (Å²) in [5, 5.41) is 14.1. The van der Waals surface area contributed by atoms with E-state index in [2.05, 4.69) is 50.4 Å². The lowest BCUT2D eigenvalue weighted by Gasteiger charge is -2.23. The van der Waals surface area contributed by atoms with Gasteiger partial charge in [-0.25, -0.2) is 4.79 Å². The third-order valence-electron chi connectivity index (χ3n) is 4.87. The van der Waals surface area contributed by atoms with Crippen molar-refractivity contribution in [3.05, 3.63) is 75.6 Å². The number of rotatable bonds is 7. The van der Waals surface area contributed by atoms with Gasteiger partial charge in [-0.1, -0.05) is 51.5 Å². The molecule has 2 N–H and O–H groups in total. The van der Waals surface area contributed by atoms with Gasteiger partial charge in [-0.2, -0.15) is 0 Å². The normalized spacial score (nSPS) is 12.6. The summed E-state index contributed by atoms with van der Waals surface area (Å²) in [5.41, 5.74) is 3.47. The molecule has 0 aliphatic rings. The van der Waals surface area contributed by atoms with Gasteiger partial charge < -0.3 is 14.8 Å². The number of phenolic OH excluding ortho intramolecular Hbond substituents is 1. The van der Waals surface area contributed by atoms with Crippen LogP contribution in [0, 0.1) is 5.92 Å². The number of hydrogen-bond acceptors (Lipinski definition) is 4. The molecule has 0 saturated carbocycles. The number of phenols is 1. The summed E-state index contributed by atoms with van der Waals surface area (Å²) in [7, 11) is 0. The minimum Gasteiger partial charge on any atom is -0.508 e. The molecular weight excluding hydrogens is 338 g/mol. The lowest BCUT2D eigenvalue weighted by Crippen LogP contribution is -2.26. The van der Waals surface area contributed by atoms with Gasteiger partial charge in [0.15, 0.2) is 0 Å². The van der Waals surface area contributed by atoms with Crippen molar-refractivity contribution in [2.75, 3.05) is 0 Å². The number of benzene rings is 2. The van der Waals surface area contributed by atoms with Crippen LogP contribution in [0.5, 0.6) is 5.75 Å². The Morgan fingerprint density at radius 1 is 1.07 bits per heavy atom. The minimum absolute atomic E-state index is 0.0861. The van der Waals surface area contributed by atoms with Gasteiger partial charge in [0.05, 0.1) is 0 Å². The molecule has 142 valence electrons. The molecule has 0 fully saturated rings. The molecule has 0 radical (unpaired) electrons. The second kappa shape index (κ2) is 8.40. The maximum absolute atomic E-state index is 11.9. The van der Waals surface area contributed by atoms with Crippen LogP contribution in [0.15, 0.2) is 57.7 Å². The zero-order valence-electron chi connectivity index (χ0n) is 16.2. The van der Waals surface area contributed by atoms with Crippen LogP contribution in [0.3, 0.4) is 0 Å². The van der Waals surface area contributed by atoms with Crippen LogP contribution in [0.25, 0.3) is 11.0 Å². The van der Waals surface area contributed by atoms with Crippen LogP contribution in [-0.2, 0) is 13.0 Å². The lowest BCUT2D eigenvalue weighted by atomic mass is 9.94. The maximum atomic E-state index is 11.9. The summed E-state index contributed by atoms with van der Waals surface area (Å²) >= 11 is 0. The molecule has 0 amide bonds. The second-order valence-corrected chi connectivity index (χ2v) is 7.37. The standard InChI is InChI=1S/C23H27NO3/c1-4-5-16-6-8-17(9-7-16)23(15(2)3)24-14-18-12-22(26)27-21-13-19(25)10-11-20(18)21/h6-13,15,23-25H,4-5,14H2,1-3H3/t23-/m1/s1. The molecule has 2 aromatic carbocycles. The number of aryl methyl sites for hydroxylation is 1. The van der Waals surface area contributed by atoms with Crippen molar-refractivity contribution in [1.82, 2.24) is 5.32 Å². The highest BCUT2D eigenvalue weighted by molar-refractivity contribution is 5.81. The Labute approximate surface area is 159 Å². The van der Waals surface area contributed by atoms with Crippen LogP contribution < -0.4 is 10.9 Å². The molecule has 3 aromatic rings. The minimum atomic E-state index is -0.407. The average molecular weight is 365 g/mol. The van der Waals surface area contributed by atoms with Crippen molar-refractivity contribution < 1.29 is 9.52 Å². The quantitative estimate of drug-likeness (QED) is 0.582.